The highest BCUT2D eigenvalue weighted by molar-refractivity contribution is 4.84. The zero-order chi connectivity index (χ0) is 24.5. The van der Waals surface area contributed by atoms with Crippen molar-refractivity contribution in [1.82, 2.24) is 4.57 Å². The summed E-state index contributed by atoms with van der Waals surface area (Å²) in [6.45, 7) is 9.32. The van der Waals surface area contributed by atoms with Crippen molar-refractivity contribution in [1.29, 1.82) is 0 Å². The highest BCUT2D eigenvalue weighted by Gasteiger charge is 2.15. The summed E-state index contributed by atoms with van der Waals surface area (Å²) in [7, 11) is 0. The molecule has 1 aromatic heterocycles. The molecular formula is C32H63N2+. The summed E-state index contributed by atoms with van der Waals surface area (Å²) in [6.07, 6.45) is 38.6. The molecule has 0 bridgehead atoms. The van der Waals surface area contributed by atoms with Gasteiger partial charge in [-0.1, -0.05) is 143 Å². The number of unbranched alkanes of at least 4 members (excludes halogenated alkanes) is 20. The van der Waals surface area contributed by atoms with Crippen LogP contribution in [0, 0.1) is 0 Å². The second kappa shape index (κ2) is 23.9. The molecule has 0 atom stereocenters. The Morgan fingerprint density at radius 2 is 0.912 bits per heavy atom. The SMILES string of the molecule is CCCCCCCCCCCCCCCc1n(CCCCCCCCCCC)cc[n+]1CCC. The van der Waals surface area contributed by atoms with Crippen LogP contribution in [0.15, 0.2) is 12.4 Å². The lowest BCUT2D eigenvalue weighted by Gasteiger charge is -2.06. The fourth-order valence-electron chi connectivity index (χ4n) is 5.33. The van der Waals surface area contributed by atoms with Gasteiger partial charge in [0, 0.05) is 6.42 Å². The number of aromatic nitrogens is 2. The zero-order valence-electron chi connectivity index (χ0n) is 23.9. The van der Waals surface area contributed by atoms with Gasteiger partial charge in [-0.15, -0.1) is 0 Å². The van der Waals surface area contributed by atoms with Gasteiger partial charge < -0.3 is 0 Å². The highest BCUT2D eigenvalue weighted by atomic mass is 15.1. The maximum absolute atomic E-state index is 2.58. The van der Waals surface area contributed by atoms with Gasteiger partial charge in [-0.05, 0) is 25.7 Å². The first-order valence-electron chi connectivity index (χ1n) is 15.9. The molecule has 1 rings (SSSR count). The minimum Gasteiger partial charge on any atom is -0.234 e. The van der Waals surface area contributed by atoms with Gasteiger partial charge in [0.2, 0.25) is 0 Å². The van der Waals surface area contributed by atoms with E-state index in [1.165, 1.54) is 167 Å². The van der Waals surface area contributed by atoms with E-state index < -0.39 is 0 Å². The molecule has 0 spiro atoms. The van der Waals surface area contributed by atoms with Crippen LogP contribution in [0.2, 0.25) is 0 Å². The van der Waals surface area contributed by atoms with Crippen LogP contribution in [-0.4, -0.2) is 4.57 Å². The number of rotatable bonds is 26. The lowest BCUT2D eigenvalue weighted by molar-refractivity contribution is -0.703. The lowest BCUT2D eigenvalue weighted by atomic mass is 10.0. The topological polar surface area (TPSA) is 8.81 Å². The van der Waals surface area contributed by atoms with Crippen LogP contribution in [0.1, 0.15) is 174 Å². The van der Waals surface area contributed by atoms with Crippen molar-refractivity contribution in [2.45, 2.75) is 188 Å². The summed E-state index contributed by atoms with van der Waals surface area (Å²) in [5, 5.41) is 0. The molecule has 2 heteroatoms. The molecule has 0 aromatic carbocycles. The first-order chi connectivity index (χ1) is 16.8. The van der Waals surface area contributed by atoms with E-state index in [4.69, 9.17) is 0 Å². The second-order valence-electron chi connectivity index (χ2n) is 10.9. The molecule has 0 fully saturated rings. The molecule has 0 aliphatic heterocycles. The third-order valence-electron chi connectivity index (χ3n) is 7.56. The number of imidazole rings is 1. The number of hydrogen-bond donors (Lipinski definition) is 0. The molecule has 200 valence electrons. The van der Waals surface area contributed by atoms with Crippen LogP contribution in [-0.2, 0) is 19.5 Å². The molecule has 1 aromatic rings. The van der Waals surface area contributed by atoms with Gasteiger partial charge in [-0.3, -0.25) is 0 Å². The van der Waals surface area contributed by atoms with E-state index in [2.05, 4.69) is 42.3 Å². The summed E-state index contributed by atoms with van der Waals surface area (Å²) in [4.78, 5) is 0. The van der Waals surface area contributed by atoms with E-state index >= 15 is 0 Å². The van der Waals surface area contributed by atoms with Crippen LogP contribution in [0.3, 0.4) is 0 Å². The molecule has 0 radical (unpaired) electrons. The van der Waals surface area contributed by atoms with E-state index in [0.29, 0.717) is 0 Å². The number of aryl methyl sites for hydroxylation is 2. The Balaban J connectivity index is 2.11. The Labute approximate surface area is 215 Å². The number of hydrogen-bond acceptors (Lipinski definition) is 0. The maximum atomic E-state index is 2.58. The molecule has 0 saturated carbocycles. The van der Waals surface area contributed by atoms with Crippen molar-refractivity contribution >= 4 is 0 Å². The van der Waals surface area contributed by atoms with Crippen molar-refractivity contribution < 1.29 is 4.57 Å². The lowest BCUT2D eigenvalue weighted by Crippen LogP contribution is -2.37. The Hall–Kier alpha value is -0.790. The molecule has 0 saturated heterocycles. The Morgan fingerprint density at radius 3 is 1.35 bits per heavy atom. The van der Waals surface area contributed by atoms with Gasteiger partial charge >= 0.3 is 0 Å². The fourth-order valence-corrected chi connectivity index (χ4v) is 5.33. The van der Waals surface area contributed by atoms with Crippen molar-refractivity contribution in [3.05, 3.63) is 18.2 Å². The zero-order valence-corrected chi connectivity index (χ0v) is 23.9. The standard InChI is InChI=1S/C32H63N2/c1-4-7-9-11-13-15-16-17-18-19-21-23-25-27-32-33(28-6-3)30-31-34(32)29-26-24-22-20-14-12-10-8-5-2/h30-31H,4-29H2,1-3H3/q+1. The molecule has 34 heavy (non-hydrogen) atoms. The first kappa shape index (κ1) is 31.2. The summed E-state index contributed by atoms with van der Waals surface area (Å²) >= 11 is 0. The quantitative estimate of drug-likeness (QED) is 0.0930. The Kier molecular flexibility index (Phi) is 22.0. The van der Waals surface area contributed by atoms with Gasteiger partial charge in [0.25, 0.3) is 5.82 Å². The van der Waals surface area contributed by atoms with Crippen molar-refractivity contribution in [2.75, 3.05) is 0 Å². The minimum atomic E-state index is 1.18. The van der Waals surface area contributed by atoms with Gasteiger partial charge in [0.05, 0.1) is 13.1 Å². The summed E-state index contributed by atoms with van der Waals surface area (Å²) in [5.74, 6) is 1.59. The second-order valence-corrected chi connectivity index (χ2v) is 10.9. The molecule has 0 amide bonds. The van der Waals surface area contributed by atoms with E-state index in [-0.39, 0.29) is 0 Å². The van der Waals surface area contributed by atoms with Crippen LogP contribution in [0.25, 0.3) is 0 Å². The first-order valence-corrected chi connectivity index (χ1v) is 15.9. The largest absolute Gasteiger partial charge is 0.256 e. The number of nitrogens with zero attached hydrogens (tertiary/aromatic N) is 2. The van der Waals surface area contributed by atoms with Gasteiger partial charge in [-0.2, -0.15) is 0 Å². The van der Waals surface area contributed by atoms with Crippen LogP contribution in [0.5, 0.6) is 0 Å². The third-order valence-corrected chi connectivity index (χ3v) is 7.56. The average Bonchev–Trinajstić information content (AvgIpc) is 3.22. The smallest absolute Gasteiger partial charge is 0.234 e. The Bertz CT molecular complexity index is 533. The molecule has 1 heterocycles. The van der Waals surface area contributed by atoms with Gasteiger partial charge in [0.1, 0.15) is 12.4 Å². The molecule has 2 nitrogen and oxygen atoms in total. The Morgan fingerprint density at radius 1 is 0.500 bits per heavy atom. The van der Waals surface area contributed by atoms with Crippen LogP contribution in [0.4, 0.5) is 0 Å². The minimum absolute atomic E-state index is 1.18. The summed E-state index contributed by atoms with van der Waals surface area (Å²) in [6, 6.07) is 0. The predicted octanol–water partition coefficient (Wildman–Crippen LogP) is 10.4. The molecule has 0 aliphatic rings. The van der Waals surface area contributed by atoms with Crippen molar-refractivity contribution in [2.24, 2.45) is 0 Å². The predicted molar refractivity (Wildman–Crippen MR) is 152 cm³/mol. The van der Waals surface area contributed by atoms with Crippen LogP contribution >= 0.6 is 0 Å². The molecule has 0 unspecified atom stereocenters. The highest BCUT2D eigenvalue weighted by Crippen LogP contribution is 2.14. The molecule has 0 aliphatic carbocycles. The fraction of sp³-hybridized carbons (Fsp3) is 0.906. The van der Waals surface area contributed by atoms with E-state index in [1.54, 1.807) is 5.82 Å². The molecular weight excluding hydrogens is 412 g/mol. The normalized spacial score (nSPS) is 11.5. The summed E-state index contributed by atoms with van der Waals surface area (Å²) < 4.78 is 5.12. The van der Waals surface area contributed by atoms with Gasteiger partial charge in [-0.25, -0.2) is 9.13 Å². The van der Waals surface area contributed by atoms with Crippen LogP contribution < -0.4 is 4.57 Å². The van der Waals surface area contributed by atoms with Gasteiger partial charge in [0.15, 0.2) is 0 Å². The maximum Gasteiger partial charge on any atom is 0.256 e. The summed E-state index contributed by atoms with van der Waals surface area (Å²) in [5.41, 5.74) is 0. The van der Waals surface area contributed by atoms with E-state index in [1.807, 2.05) is 0 Å². The monoisotopic (exact) mass is 475 g/mol. The average molecular weight is 476 g/mol. The van der Waals surface area contributed by atoms with E-state index in [9.17, 15) is 0 Å². The van der Waals surface area contributed by atoms with E-state index in [0.717, 1.165) is 0 Å². The van der Waals surface area contributed by atoms with Crippen molar-refractivity contribution in [3.63, 3.8) is 0 Å². The van der Waals surface area contributed by atoms with Crippen molar-refractivity contribution in [3.8, 4) is 0 Å². The third kappa shape index (κ3) is 16.8. The molecule has 0 N–H and O–H groups in total.